The van der Waals surface area contributed by atoms with Gasteiger partial charge in [-0.05, 0) is 38.5 Å². The van der Waals surface area contributed by atoms with Crippen LogP contribution in [0.2, 0.25) is 0 Å². The van der Waals surface area contributed by atoms with Gasteiger partial charge in [0.05, 0.1) is 6.61 Å². The number of aromatic nitrogens is 1. The van der Waals surface area contributed by atoms with Gasteiger partial charge in [-0.1, -0.05) is 18.2 Å². The van der Waals surface area contributed by atoms with Gasteiger partial charge < -0.3 is 20.1 Å². The first-order chi connectivity index (χ1) is 12.1. The van der Waals surface area contributed by atoms with Gasteiger partial charge in [0.1, 0.15) is 0 Å². The van der Waals surface area contributed by atoms with Crippen LogP contribution in [0.25, 0.3) is 0 Å². The fourth-order valence-electron chi connectivity index (χ4n) is 2.15. The molecule has 0 unspecified atom stereocenters. The predicted octanol–water partition coefficient (Wildman–Crippen LogP) is 3.35. The Hall–Kier alpha value is -2.76. The van der Waals surface area contributed by atoms with Crippen molar-refractivity contribution in [2.75, 3.05) is 13.7 Å². The first kappa shape index (κ1) is 18.6. The lowest BCUT2D eigenvalue weighted by atomic mass is 10.3. The average molecular weight is 342 g/mol. The zero-order chi connectivity index (χ0) is 18.1. The number of nitrogens with one attached hydrogen (secondary N) is 2. The van der Waals surface area contributed by atoms with E-state index in [0.29, 0.717) is 36.6 Å². The molecule has 1 aromatic carbocycles. The van der Waals surface area contributed by atoms with Crippen molar-refractivity contribution in [2.24, 2.45) is 4.99 Å². The Balaban J connectivity index is 1.96. The molecular weight excluding hydrogens is 316 g/mol. The molecule has 0 fully saturated rings. The van der Waals surface area contributed by atoms with E-state index in [-0.39, 0.29) is 0 Å². The lowest BCUT2D eigenvalue weighted by Crippen LogP contribution is -2.40. The van der Waals surface area contributed by atoms with Gasteiger partial charge in [0, 0.05) is 31.9 Å². The van der Waals surface area contributed by atoms with Crippen LogP contribution in [0, 0.1) is 0 Å². The summed E-state index contributed by atoms with van der Waals surface area (Å²) in [5, 5.41) is 6.49. The molecule has 2 rings (SSSR count). The molecule has 0 saturated heterocycles. The van der Waals surface area contributed by atoms with Crippen LogP contribution in [0.4, 0.5) is 0 Å². The molecule has 6 heteroatoms. The standard InChI is InChI=1S/C19H26N4O2/c1-5-24-16-8-6-7-9-17(16)25-18-11-10-15(12-21-18)13-22-19(20-4)23-14(2)3/h6-12,14H,5,13H2,1-4H3,(H2,20,22,23). The minimum Gasteiger partial charge on any atom is -0.490 e. The topological polar surface area (TPSA) is 67.8 Å². The quantitative estimate of drug-likeness (QED) is 0.597. The van der Waals surface area contributed by atoms with Gasteiger partial charge in [0.15, 0.2) is 17.5 Å². The lowest BCUT2D eigenvalue weighted by Gasteiger charge is -2.14. The van der Waals surface area contributed by atoms with Gasteiger partial charge in [-0.2, -0.15) is 0 Å². The molecular formula is C19H26N4O2. The van der Waals surface area contributed by atoms with Crippen molar-refractivity contribution in [3.8, 4) is 17.4 Å². The van der Waals surface area contributed by atoms with E-state index in [1.165, 1.54) is 0 Å². The number of rotatable bonds is 7. The summed E-state index contributed by atoms with van der Waals surface area (Å²) in [5.74, 6) is 2.66. The Labute approximate surface area is 149 Å². The highest BCUT2D eigenvalue weighted by atomic mass is 16.5. The highest BCUT2D eigenvalue weighted by Crippen LogP contribution is 2.30. The monoisotopic (exact) mass is 342 g/mol. The van der Waals surface area contributed by atoms with E-state index in [1.54, 1.807) is 13.2 Å². The van der Waals surface area contributed by atoms with Gasteiger partial charge in [0.25, 0.3) is 0 Å². The normalized spacial score (nSPS) is 11.3. The molecule has 0 atom stereocenters. The van der Waals surface area contributed by atoms with Crippen LogP contribution >= 0.6 is 0 Å². The largest absolute Gasteiger partial charge is 0.490 e. The van der Waals surface area contributed by atoms with Crippen LogP contribution in [0.1, 0.15) is 26.3 Å². The second-order valence-corrected chi connectivity index (χ2v) is 5.71. The molecule has 0 amide bonds. The number of nitrogens with zero attached hydrogens (tertiary/aromatic N) is 2. The molecule has 0 aliphatic carbocycles. The van der Waals surface area contributed by atoms with Crippen molar-refractivity contribution < 1.29 is 9.47 Å². The highest BCUT2D eigenvalue weighted by molar-refractivity contribution is 5.79. The molecule has 0 aliphatic heterocycles. The van der Waals surface area contributed by atoms with Crippen molar-refractivity contribution in [2.45, 2.75) is 33.4 Å². The third kappa shape index (κ3) is 5.99. The Morgan fingerprint density at radius 2 is 1.92 bits per heavy atom. The molecule has 0 spiro atoms. The van der Waals surface area contributed by atoms with Crippen molar-refractivity contribution >= 4 is 5.96 Å². The molecule has 0 bridgehead atoms. The predicted molar refractivity (Wildman–Crippen MR) is 100 cm³/mol. The lowest BCUT2D eigenvalue weighted by molar-refractivity contribution is 0.319. The zero-order valence-electron chi connectivity index (χ0n) is 15.2. The molecule has 0 saturated carbocycles. The number of hydrogen-bond donors (Lipinski definition) is 2. The minimum atomic E-state index is 0.325. The number of ether oxygens (including phenoxy) is 2. The average Bonchev–Trinajstić information content (AvgIpc) is 2.61. The van der Waals surface area contributed by atoms with Crippen molar-refractivity contribution in [3.05, 3.63) is 48.2 Å². The molecule has 0 aliphatic rings. The molecule has 2 aromatic rings. The van der Waals surface area contributed by atoms with Crippen LogP contribution in [-0.2, 0) is 6.54 Å². The summed E-state index contributed by atoms with van der Waals surface area (Å²) in [6.07, 6.45) is 1.79. The number of hydrogen-bond acceptors (Lipinski definition) is 4. The molecule has 25 heavy (non-hydrogen) atoms. The second-order valence-electron chi connectivity index (χ2n) is 5.71. The van der Waals surface area contributed by atoms with E-state index in [2.05, 4.69) is 34.5 Å². The summed E-state index contributed by atoms with van der Waals surface area (Å²) >= 11 is 0. The van der Waals surface area contributed by atoms with E-state index < -0.39 is 0 Å². The summed E-state index contributed by atoms with van der Waals surface area (Å²) in [4.78, 5) is 8.54. The van der Waals surface area contributed by atoms with Gasteiger partial charge in [-0.15, -0.1) is 0 Å². The van der Waals surface area contributed by atoms with E-state index in [4.69, 9.17) is 9.47 Å². The van der Waals surface area contributed by atoms with Crippen LogP contribution in [0.15, 0.2) is 47.6 Å². The maximum atomic E-state index is 5.82. The van der Waals surface area contributed by atoms with Crippen LogP contribution in [0.5, 0.6) is 17.4 Å². The fraction of sp³-hybridized carbons (Fsp3) is 0.368. The maximum Gasteiger partial charge on any atom is 0.219 e. The first-order valence-electron chi connectivity index (χ1n) is 8.44. The summed E-state index contributed by atoms with van der Waals surface area (Å²) in [6.45, 7) is 7.31. The van der Waals surface area contributed by atoms with Gasteiger partial charge in [-0.3, -0.25) is 4.99 Å². The summed E-state index contributed by atoms with van der Waals surface area (Å²) in [6, 6.07) is 11.7. The number of pyridine rings is 1. The van der Waals surface area contributed by atoms with Crippen LogP contribution < -0.4 is 20.1 Å². The van der Waals surface area contributed by atoms with Crippen LogP contribution in [-0.4, -0.2) is 30.6 Å². The maximum absolute atomic E-state index is 5.82. The molecule has 1 heterocycles. The van der Waals surface area contributed by atoms with E-state index in [0.717, 1.165) is 11.5 Å². The van der Waals surface area contributed by atoms with Crippen molar-refractivity contribution in [1.82, 2.24) is 15.6 Å². The van der Waals surface area contributed by atoms with E-state index in [1.807, 2.05) is 43.3 Å². The van der Waals surface area contributed by atoms with Crippen molar-refractivity contribution in [3.63, 3.8) is 0 Å². The smallest absolute Gasteiger partial charge is 0.219 e. The van der Waals surface area contributed by atoms with Crippen molar-refractivity contribution in [1.29, 1.82) is 0 Å². The minimum absolute atomic E-state index is 0.325. The Morgan fingerprint density at radius 1 is 1.16 bits per heavy atom. The highest BCUT2D eigenvalue weighted by Gasteiger charge is 2.06. The third-order valence-electron chi connectivity index (χ3n) is 3.27. The number of para-hydroxylation sites is 2. The zero-order valence-corrected chi connectivity index (χ0v) is 15.2. The Kier molecular flexibility index (Phi) is 7.07. The number of guanidine groups is 1. The summed E-state index contributed by atoms with van der Waals surface area (Å²) in [5.41, 5.74) is 1.04. The first-order valence-corrected chi connectivity index (χ1v) is 8.44. The van der Waals surface area contributed by atoms with Crippen LogP contribution in [0.3, 0.4) is 0 Å². The molecule has 0 radical (unpaired) electrons. The molecule has 1 aromatic heterocycles. The Bertz CT molecular complexity index is 684. The van der Waals surface area contributed by atoms with E-state index in [9.17, 15) is 0 Å². The summed E-state index contributed by atoms with van der Waals surface area (Å²) < 4.78 is 11.4. The SMILES string of the molecule is CCOc1ccccc1Oc1ccc(CNC(=NC)NC(C)C)cn1. The number of aliphatic imine (C=N–C) groups is 1. The molecule has 134 valence electrons. The Morgan fingerprint density at radius 3 is 2.52 bits per heavy atom. The third-order valence-corrected chi connectivity index (χ3v) is 3.27. The summed E-state index contributed by atoms with van der Waals surface area (Å²) in [7, 11) is 1.75. The van der Waals surface area contributed by atoms with E-state index >= 15 is 0 Å². The van der Waals surface area contributed by atoms with Gasteiger partial charge in [0.2, 0.25) is 5.88 Å². The second kappa shape index (κ2) is 9.52. The molecule has 2 N–H and O–H groups in total. The van der Waals surface area contributed by atoms with Gasteiger partial charge >= 0.3 is 0 Å². The van der Waals surface area contributed by atoms with Gasteiger partial charge in [-0.25, -0.2) is 4.98 Å². The number of benzene rings is 1. The molecule has 6 nitrogen and oxygen atoms in total. The fourth-order valence-corrected chi connectivity index (χ4v) is 2.15.